The number of thioether (sulfide) groups is 1. The van der Waals surface area contributed by atoms with Gasteiger partial charge in [-0.25, -0.2) is 4.99 Å². The molecule has 0 spiro atoms. The summed E-state index contributed by atoms with van der Waals surface area (Å²) in [6, 6.07) is 0. The Balaban J connectivity index is 1.98. The van der Waals surface area contributed by atoms with Gasteiger partial charge in [0.25, 0.3) is 5.91 Å². The summed E-state index contributed by atoms with van der Waals surface area (Å²) in [7, 11) is 0. The Morgan fingerprint density at radius 1 is 1.15 bits per heavy atom. The van der Waals surface area contributed by atoms with Crippen molar-refractivity contribution < 1.29 is 4.79 Å². The third-order valence-corrected chi connectivity index (χ3v) is 3.89. The van der Waals surface area contributed by atoms with Crippen LogP contribution in [0.1, 0.15) is 38.5 Å². The number of nitrogens with zero attached hydrogens (tertiary/aromatic N) is 1. The number of amides is 1. The zero-order chi connectivity index (χ0) is 9.10. The van der Waals surface area contributed by atoms with Gasteiger partial charge < -0.3 is 0 Å². The van der Waals surface area contributed by atoms with Crippen molar-refractivity contribution in [2.75, 3.05) is 5.75 Å². The molecule has 1 saturated carbocycles. The van der Waals surface area contributed by atoms with Gasteiger partial charge in [0.1, 0.15) is 0 Å². The molecule has 2 aliphatic rings. The van der Waals surface area contributed by atoms with Crippen LogP contribution < -0.4 is 0 Å². The average Bonchev–Trinajstić information content (AvgIpc) is 2.43. The first-order valence-corrected chi connectivity index (χ1v) is 6.09. The van der Waals surface area contributed by atoms with Crippen molar-refractivity contribution >= 4 is 22.7 Å². The van der Waals surface area contributed by atoms with E-state index in [4.69, 9.17) is 0 Å². The lowest BCUT2D eigenvalue weighted by molar-refractivity contribution is -0.115. The Labute approximate surface area is 83.2 Å². The number of carbonyl (C=O) groups is 1. The Bertz CT molecular complexity index is 229. The average molecular weight is 197 g/mol. The second-order valence-corrected chi connectivity index (χ2v) is 4.82. The predicted octanol–water partition coefficient (Wildman–Crippen LogP) is 2.63. The van der Waals surface area contributed by atoms with Crippen LogP contribution in [0.5, 0.6) is 0 Å². The highest BCUT2D eigenvalue weighted by Crippen LogP contribution is 2.30. The van der Waals surface area contributed by atoms with E-state index in [2.05, 4.69) is 4.99 Å². The molecule has 0 aromatic carbocycles. The Morgan fingerprint density at radius 2 is 1.85 bits per heavy atom. The van der Waals surface area contributed by atoms with E-state index >= 15 is 0 Å². The van der Waals surface area contributed by atoms with Crippen LogP contribution in [0.15, 0.2) is 4.99 Å². The smallest absolute Gasteiger partial charge is 0.256 e. The highest BCUT2D eigenvalue weighted by Gasteiger charge is 2.23. The summed E-state index contributed by atoms with van der Waals surface area (Å²) in [6.45, 7) is 0. The minimum absolute atomic E-state index is 0.0734. The topological polar surface area (TPSA) is 29.4 Å². The summed E-state index contributed by atoms with van der Waals surface area (Å²) < 4.78 is 0. The normalized spacial score (nSPS) is 25.8. The van der Waals surface area contributed by atoms with E-state index in [1.54, 1.807) is 11.8 Å². The predicted molar refractivity (Wildman–Crippen MR) is 56.1 cm³/mol. The van der Waals surface area contributed by atoms with Gasteiger partial charge in [0.15, 0.2) is 0 Å². The zero-order valence-electron chi connectivity index (χ0n) is 7.79. The van der Waals surface area contributed by atoms with E-state index in [9.17, 15) is 4.79 Å². The van der Waals surface area contributed by atoms with Crippen molar-refractivity contribution in [3.63, 3.8) is 0 Å². The second kappa shape index (κ2) is 4.27. The van der Waals surface area contributed by atoms with Crippen molar-refractivity contribution in [1.29, 1.82) is 0 Å². The van der Waals surface area contributed by atoms with Gasteiger partial charge in [0.2, 0.25) is 0 Å². The highest BCUT2D eigenvalue weighted by atomic mass is 32.2. The molecule has 3 heteroatoms. The zero-order valence-corrected chi connectivity index (χ0v) is 8.61. The Kier molecular flexibility index (Phi) is 3.04. The maximum Gasteiger partial charge on any atom is 0.256 e. The summed E-state index contributed by atoms with van der Waals surface area (Å²) >= 11 is 1.67. The number of aliphatic imine (C=N–C) groups is 1. The summed E-state index contributed by atoms with van der Waals surface area (Å²) in [5.74, 6) is 1.27. The standard InChI is InChI=1S/C10H15NOS/c12-9-7-13-10(11-9)8-5-3-1-2-4-6-8/h8H,1-7H2. The first kappa shape index (κ1) is 9.25. The van der Waals surface area contributed by atoms with E-state index in [0.717, 1.165) is 5.04 Å². The molecule has 1 aliphatic carbocycles. The highest BCUT2D eigenvalue weighted by molar-refractivity contribution is 8.15. The van der Waals surface area contributed by atoms with Crippen LogP contribution in [-0.4, -0.2) is 16.7 Å². The molecular formula is C10H15NOS. The molecule has 1 fully saturated rings. The quantitative estimate of drug-likeness (QED) is 0.605. The minimum Gasteiger partial charge on any atom is -0.272 e. The van der Waals surface area contributed by atoms with Gasteiger partial charge in [-0.3, -0.25) is 4.79 Å². The fraction of sp³-hybridized carbons (Fsp3) is 0.800. The Hall–Kier alpha value is -0.310. The molecule has 0 bridgehead atoms. The Morgan fingerprint density at radius 3 is 2.38 bits per heavy atom. The summed E-state index contributed by atoms with van der Waals surface area (Å²) in [4.78, 5) is 15.1. The van der Waals surface area contributed by atoms with E-state index < -0.39 is 0 Å². The van der Waals surface area contributed by atoms with Gasteiger partial charge in [0, 0.05) is 5.92 Å². The molecule has 0 atom stereocenters. The van der Waals surface area contributed by atoms with Gasteiger partial charge >= 0.3 is 0 Å². The lowest BCUT2D eigenvalue weighted by atomic mass is 10.0. The lowest BCUT2D eigenvalue weighted by Crippen LogP contribution is -2.08. The first-order chi connectivity index (χ1) is 6.36. The van der Waals surface area contributed by atoms with E-state index in [0.29, 0.717) is 11.7 Å². The van der Waals surface area contributed by atoms with Crippen molar-refractivity contribution in [1.82, 2.24) is 0 Å². The van der Waals surface area contributed by atoms with Crippen molar-refractivity contribution in [3.05, 3.63) is 0 Å². The van der Waals surface area contributed by atoms with Crippen LogP contribution in [0.25, 0.3) is 0 Å². The number of carbonyl (C=O) groups excluding carboxylic acids is 1. The third-order valence-electron chi connectivity index (χ3n) is 2.78. The SMILES string of the molecule is O=C1CSC(C2CCCCCC2)=N1. The third kappa shape index (κ3) is 2.33. The van der Waals surface area contributed by atoms with Crippen LogP contribution >= 0.6 is 11.8 Å². The molecule has 13 heavy (non-hydrogen) atoms. The van der Waals surface area contributed by atoms with Crippen LogP contribution in [0.4, 0.5) is 0 Å². The molecule has 0 radical (unpaired) electrons. The summed E-state index contributed by atoms with van der Waals surface area (Å²) in [5.41, 5.74) is 0. The van der Waals surface area contributed by atoms with Gasteiger partial charge in [-0.05, 0) is 12.8 Å². The molecule has 0 unspecified atom stereocenters. The molecule has 72 valence electrons. The molecule has 0 aromatic heterocycles. The molecule has 0 aromatic rings. The molecule has 0 saturated heterocycles. The van der Waals surface area contributed by atoms with E-state index in [1.807, 2.05) is 0 Å². The minimum atomic E-state index is 0.0734. The van der Waals surface area contributed by atoms with Gasteiger partial charge in [0.05, 0.1) is 10.8 Å². The molecule has 2 rings (SSSR count). The molecule has 1 heterocycles. The van der Waals surface area contributed by atoms with Gasteiger partial charge in [-0.1, -0.05) is 25.7 Å². The second-order valence-electron chi connectivity index (χ2n) is 3.82. The van der Waals surface area contributed by atoms with E-state index in [1.165, 1.54) is 38.5 Å². The van der Waals surface area contributed by atoms with Crippen LogP contribution in [0.3, 0.4) is 0 Å². The molecule has 2 nitrogen and oxygen atoms in total. The molecule has 0 N–H and O–H groups in total. The van der Waals surface area contributed by atoms with Gasteiger partial charge in [-0.2, -0.15) is 0 Å². The fourth-order valence-corrected chi connectivity index (χ4v) is 3.03. The largest absolute Gasteiger partial charge is 0.272 e. The molecule has 1 amide bonds. The number of hydrogen-bond acceptors (Lipinski definition) is 2. The van der Waals surface area contributed by atoms with Gasteiger partial charge in [-0.15, -0.1) is 11.8 Å². The summed E-state index contributed by atoms with van der Waals surface area (Å²) in [5, 5.41) is 1.13. The van der Waals surface area contributed by atoms with Crippen molar-refractivity contribution in [3.8, 4) is 0 Å². The van der Waals surface area contributed by atoms with E-state index in [-0.39, 0.29) is 5.91 Å². The van der Waals surface area contributed by atoms with Crippen molar-refractivity contribution in [2.45, 2.75) is 38.5 Å². The maximum absolute atomic E-state index is 11.0. The number of hydrogen-bond donors (Lipinski definition) is 0. The first-order valence-electron chi connectivity index (χ1n) is 5.10. The fourth-order valence-electron chi connectivity index (χ4n) is 2.06. The molecular weight excluding hydrogens is 182 g/mol. The maximum atomic E-state index is 11.0. The van der Waals surface area contributed by atoms with Crippen LogP contribution in [0.2, 0.25) is 0 Å². The monoisotopic (exact) mass is 197 g/mol. The van der Waals surface area contributed by atoms with Crippen molar-refractivity contribution in [2.24, 2.45) is 10.9 Å². The van der Waals surface area contributed by atoms with Crippen LogP contribution in [0, 0.1) is 5.92 Å². The summed E-state index contributed by atoms with van der Waals surface area (Å²) in [6.07, 6.45) is 7.86. The lowest BCUT2D eigenvalue weighted by Gasteiger charge is -2.11. The molecule has 1 aliphatic heterocycles. The van der Waals surface area contributed by atoms with Crippen LogP contribution in [-0.2, 0) is 4.79 Å². The number of rotatable bonds is 1.